The molecule has 20 aromatic carbocycles. The van der Waals surface area contributed by atoms with E-state index >= 15 is 0 Å². The number of aromatic nitrogens is 4. The van der Waals surface area contributed by atoms with E-state index in [0.29, 0.717) is 0 Å². The van der Waals surface area contributed by atoms with Crippen molar-refractivity contribution < 1.29 is 0 Å². The van der Waals surface area contributed by atoms with Crippen molar-refractivity contribution in [1.29, 1.82) is 0 Å². The summed E-state index contributed by atoms with van der Waals surface area (Å²) in [5.41, 5.74) is 33.7. The van der Waals surface area contributed by atoms with Gasteiger partial charge in [-0.3, -0.25) is 0 Å². The summed E-state index contributed by atoms with van der Waals surface area (Å²) in [6, 6.07) is 171. The molecule has 0 radical (unpaired) electrons. The molecule has 0 unspecified atom stereocenters. The Morgan fingerprint density at radius 1 is 0.148 bits per heavy atom. The minimum atomic E-state index is -0.481. The Labute approximate surface area is 705 Å². The van der Waals surface area contributed by atoms with Crippen LogP contribution in [0.3, 0.4) is 0 Å². The van der Waals surface area contributed by atoms with Crippen LogP contribution in [0.4, 0.5) is 0 Å². The third-order valence-electron chi connectivity index (χ3n) is 26.7. The lowest BCUT2D eigenvalue weighted by Crippen LogP contribution is -2.28. The Bertz CT molecular complexity index is 8260. The molecule has 4 heterocycles. The molecular weight excluding hydrogens is 1470 g/mol. The highest BCUT2D eigenvalue weighted by Gasteiger charge is 2.48. The zero-order valence-corrected chi connectivity index (χ0v) is 66.7. The Morgan fingerprint density at radius 2 is 0.434 bits per heavy atom. The largest absolute Gasteiger partial charge is 0.309 e. The standard InChI is InChI=1S/2C59H38N2/c1-4-19-42(20-5-1)59(43-21-6-2-7-22-43)52-28-14-12-26-46(52)48-38-58-51(37-53(48)59)50-36-41(31-33-56(50)60(58)44-23-8-3-9-24-44)40-32-34-57-49(35-40)47-27-13-15-29-55(47)61(57)54-30-16-18-39-17-10-11-25-45(39)54;1-4-19-42(20-5-1)59(43-21-6-2-7-22-43)52-28-14-12-26-46(52)48-37-51-50-36-41(31-33-56(50)60(58(51)38-53(48)59)44-23-8-3-9-24-44)40-32-34-57-49(35-40)47-27-13-15-29-55(47)61(57)54-30-16-18-39-17-10-11-25-45(39)54/h2*1-38H. The second-order valence-electron chi connectivity index (χ2n) is 32.9. The van der Waals surface area contributed by atoms with E-state index < -0.39 is 10.8 Å². The maximum absolute atomic E-state index is 2.53. The lowest BCUT2D eigenvalue weighted by Gasteiger charge is -2.34. The van der Waals surface area contributed by atoms with Crippen LogP contribution in [0.1, 0.15) is 44.5 Å². The smallest absolute Gasteiger partial charge is 0.0714 e. The lowest BCUT2D eigenvalue weighted by molar-refractivity contribution is 0.769. The Kier molecular flexibility index (Phi) is 15.5. The van der Waals surface area contributed by atoms with Crippen LogP contribution in [0.2, 0.25) is 0 Å². The maximum Gasteiger partial charge on any atom is 0.0714 e. The number of benzene rings is 20. The molecule has 0 atom stereocenters. The van der Waals surface area contributed by atoms with Crippen molar-refractivity contribution in [3.8, 4) is 67.3 Å². The van der Waals surface area contributed by atoms with Crippen molar-refractivity contribution in [2.24, 2.45) is 0 Å². The summed E-state index contributed by atoms with van der Waals surface area (Å²) in [7, 11) is 0. The fraction of sp³-hybridized carbons (Fsp3) is 0.0169. The highest BCUT2D eigenvalue weighted by atomic mass is 15.0. The van der Waals surface area contributed by atoms with Crippen LogP contribution in [0.15, 0.2) is 461 Å². The summed E-state index contributed by atoms with van der Waals surface area (Å²) in [6.45, 7) is 0. The third-order valence-corrected chi connectivity index (χ3v) is 26.7. The van der Waals surface area contributed by atoms with Crippen LogP contribution < -0.4 is 0 Å². The summed E-state index contributed by atoms with van der Waals surface area (Å²) in [5, 5.41) is 15.0. The predicted molar refractivity (Wildman–Crippen MR) is 511 cm³/mol. The molecule has 24 aromatic rings. The van der Waals surface area contributed by atoms with E-state index in [1.807, 2.05) is 0 Å². The molecule has 4 nitrogen and oxygen atoms in total. The van der Waals surface area contributed by atoms with Gasteiger partial charge in [-0.05, 0) is 221 Å². The minimum Gasteiger partial charge on any atom is -0.309 e. The summed E-state index contributed by atoms with van der Waals surface area (Å²) in [4.78, 5) is 0. The summed E-state index contributed by atoms with van der Waals surface area (Å²) >= 11 is 0. The van der Waals surface area contributed by atoms with E-state index in [4.69, 9.17) is 0 Å². The lowest BCUT2D eigenvalue weighted by atomic mass is 9.67. The van der Waals surface area contributed by atoms with Gasteiger partial charge in [0.2, 0.25) is 0 Å². The average Bonchev–Trinajstić information content (AvgIpc) is 1.52. The Morgan fingerprint density at radius 3 is 0.852 bits per heavy atom. The van der Waals surface area contributed by atoms with E-state index in [0.717, 1.165) is 11.4 Å². The van der Waals surface area contributed by atoms with E-state index in [1.165, 1.54) is 209 Å². The van der Waals surface area contributed by atoms with Crippen molar-refractivity contribution in [1.82, 2.24) is 18.3 Å². The molecule has 0 fully saturated rings. The van der Waals surface area contributed by atoms with Crippen molar-refractivity contribution in [2.75, 3.05) is 0 Å². The van der Waals surface area contributed by atoms with E-state index in [2.05, 4.69) is 479 Å². The molecule has 568 valence electrons. The van der Waals surface area contributed by atoms with Gasteiger partial charge >= 0.3 is 0 Å². The molecule has 0 N–H and O–H groups in total. The van der Waals surface area contributed by atoms with Crippen LogP contribution in [0.25, 0.3) is 176 Å². The van der Waals surface area contributed by atoms with E-state index in [-0.39, 0.29) is 0 Å². The normalized spacial score (nSPS) is 13.0. The predicted octanol–water partition coefficient (Wildman–Crippen LogP) is 30.1. The van der Waals surface area contributed by atoms with Crippen LogP contribution in [-0.2, 0) is 10.8 Å². The first kappa shape index (κ1) is 69.3. The van der Waals surface area contributed by atoms with E-state index in [1.54, 1.807) is 0 Å². The number of para-hydroxylation sites is 4. The molecular formula is C118H76N4. The monoisotopic (exact) mass is 1550 g/mol. The molecule has 26 rings (SSSR count). The quantitative estimate of drug-likeness (QED) is 0.130. The SMILES string of the molecule is c1ccc(-n2c3ccc(-c4ccc5c(c4)c4ccccc4n5-c4cccc5ccccc45)cc3c3cc4c(cc32)-c2ccccc2C4(c2ccccc2)c2ccccc2)cc1.c1ccc(-n2c3ccc(-c4ccc5c(c4)c4ccccc4n5-c4cccc5ccccc45)cc3c3cc4c(cc32)C(c2ccccc2)(c2ccccc2)c2ccccc2-4)cc1. The molecule has 0 spiro atoms. The first-order chi connectivity index (χ1) is 60.5. The fourth-order valence-electron chi connectivity index (χ4n) is 21.6. The van der Waals surface area contributed by atoms with Gasteiger partial charge in [-0.1, -0.05) is 340 Å². The molecule has 0 saturated heterocycles. The number of hydrogen-bond donors (Lipinski definition) is 0. The molecule has 4 aromatic heterocycles. The van der Waals surface area contributed by atoms with Gasteiger partial charge in [0.15, 0.2) is 0 Å². The van der Waals surface area contributed by atoms with Crippen molar-refractivity contribution in [2.45, 2.75) is 10.8 Å². The molecule has 0 bridgehead atoms. The Balaban J connectivity index is 0.000000134. The van der Waals surface area contributed by atoms with Crippen LogP contribution in [0.5, 0.6) is 0 Å². The van der Waals surface area contributed by atoms with Gasteiger partial charge in [0.05, 0.1) is 66.3 Å². The fourth-order valence-corrected chi connectivity index (χ4v) is 21.6. The van der Waals surface area contributed by atoms with Gasteiger partial charge in [-0.2, -0.15) is 0 Å². The van der Waals surface area contributed by atoms with Gasteiger partial charge in [0.25, 0.3) is 0 Å². The molecule has 2 aliphatic rings. The minimum absolute atomic E-state index is 0.480. The highest BCUT2D eigenvalue weighted by Crippen LogP contribution is 2.60. The molecule has 4 heteroatoms. The number of fused-ring (bicyclic) bond motifs is 20. The topological polar surface area (TPSA) is 19.7 Å². The zero-order chi connectivity index (χ0) is 80.1. The second kappa shape index (κ2) is 27.4. The summed E-state index contributed by atoms with van der Waals surface area (Å²) in [5.74, 6) is 0. The van der Waals surface area contributed by atoms with Crippen molar-refractivity contribution in [3.05, 3.63) is 506 Å². The average molecular weight is 1550 g/mol. The Hall–Kier alpha value is -15.9. The summed E-state index contributed by atoms with van der Waals surface area (Å²) in [6.07, 6.45) is 0. The number of rotatable bonds is 10. The van der Waals surface area contributed by atoms with Crippen LogP contribution in [0, 0.1) is 0 Å². The number of hydrogen-bond acceptors (Lipinski definition) is 0. The first-order valence-electron chi connectivity index (χ1n) is 42.4. The maximum atomic E-state index is 2.53. The van der Waals surface area contributed by atoms with Crippen molar-refractivity contribution in [3.63, 3.8) is 0 Å². The molecule has 122 heavy (non-hydrogen) atoms. The van der Waals surface area contributed by atoms with Gasteiger partial charge in [0, 0.05) is 65.2 Å². The van der Waals surface area contributed by atoms with Crippen molar-refractivity contribution >= 4 is 109 Å². The highest BCUT2D eigenvalue weighted by molar-refractivity contribution is 6.18. The molecule has 0 aliphatic heterocycles. The number of nitrogens with zero attached hydrogens (tertiary/aromatic N) is 4. The van der Waals surface area contributed by atoms with Gasteiger partial charge < -0.3 is 18.3 Å². The van der Waals surface area contributed by atoms with Gasteiger partial charge in [-0.15, -0.1) is 0 Å². The van der Waals surface area contributed by atoms with Crippen LogP contribution in [-0.4, -0.2) is 18.3 Å². The summed E-state index contributed by atoms with van der Waals surface area (Å²) < 4.78 is 9.82. The molecule has 0 saturated carbocycles. The third kappa shape index (κ3) is 10.2. The second-order valence-corrected chi connectivity index (χ2v) is 32.9. The van der Waals surface area contributed by atoms with Gasteiger partial charge in [-0.25, -0.2) is 0 Å². The van der Waals surface area contributed by atoms with Gasteiger partial charge in [0.1, 0.15) is 0 Å². The van der Waals surface area contributed by atoms with Crippen LogP contribution >= 0.6 is 0 Å². The van der Waals surface area contributed by atoms with E-state index in [9.17, 15) is 0 Å². The first-order valence-corrected chi connectivity index (χ1v) is 42.4. The molecule has 0 amide bonds. The zero-order valence-electron chi connectivity index (χ0n) is 66.7. The molecule has 2 aliphatic carbocycles.